The average Bonchev–Trinajstić information content (AvgIpc) is 3.21. The van der Waals surface area contributed by atoms with Crippen LogP contribution in [0.5, 0.6) is 0 Å². The van der Waals surface area contributed by atoms with Gasteiger partial charge in [0.05, 0.1) is 0 Å². The van der Waals surface area contributed by atoms with Crippen LogP contribution in [0.4, 0.5) is 10.2 Å². The van der Waals surface area contributed by atoms with E-state index in [4.69, 9.17) is 4.52 Å². The summed E-state index contributed by atoms with van der Waals surface area (Å²) < 4.78 is 20.4. The second kappa shape index (κ2) is 7.34. The average molecular weight is 400 g/mol. The smallest absolute Gasteiger partial charge is 0.346 e. The molecule has 0 atom stereocenters. The third-order valence-electron chi connectivity index (χ3n) is 4.45. The van der Waals surface area contributed by atoms with Gasteiger partial charge in [-0.15, -0.1) is 5.10 Å². The molecule has 0 saturated heterocycles. The lowest BCUT2D eigenvalue weighted by Crippen LogP contribution is -2.42. The van der Waals surface area contributed by atoms with E-state index in [0.717, 1.165) is 4.68 Å². The Labute approximate surface area is 163 Å². The van der Waals surface area contributed by atoms with Crippen molar-refractivity contribution < 1.29 is 18.5 Å². The fourth-order valence-electron chi connectivity index (χ4n) is 3.12. The Kier molecular flexibility index (Phi) is 4.71. The number of fused-ring (bicyclic) bond motifs is 1. The van der Waals surface area contributed by atoms with Gasteiger partial charge in [-0.1, -0.05) is 17.3 Å². The molecule has 0 aliphatic carbocycles. The molecule has 0 bridgehead atoms. The highest BCUT2D eigenvalue weighted by molar-refractivity contribution is 5.92. The number of benzene rings is 1. The number of aromatic nitrogens is 4. The van der Waals surface area contributed by atoms with E-state index in [1.54, 1.807) is 19.1 Å². The van der Waals surface area contributed by atoms with Crippen LogP contribution in [-0.4, -0.2) is 42.8 Å². The van der Waals surface area contributed by atoms with Gasteiger partial charge in [0.25, 0.3) is 5.91 Å². The first-order valence-corrected chi connectivity index (χ1v) is 8.85. The summed E-state index contributed by atoms with van der Waals surface area (Å²) in [6.07, 6.45) is 0. The summed E-state index contributed by atoms with van der Waals surface area (Å²) >= 11 is 0. The van der Waals surface area contributed by atoms with E-state index in [-0.39, 0.29) is 43.6 Å². The number of hydrogen-bond donors (Lipinski definition) is 1. The number of nitrogens with one attached hydrogen (secondary N) is 1. The van der Waals surface area contributed by atoms with Gasteiger partial charge in [0, 0.05) is 25.7 Å². The highest BCUT2D eigenvalue weighted by Crippen LogP contribution is 2.14. The molecule has 2 amide bonds. The minimum atomic E-state index is -0.551. The Morgan fingerprint density at radius 2 is 2.10 bits per heavy atom. The number of aryl methyl sites for hydroxylation is 1. The molecule has 1 aliphatic rings. The number of hydrogen-bond acceptors (Lipinski definition) is 6. The van der Waals surface area contributed by atoms with Gasteiger partial charge in [-0.2, -0.15) is 0 Å². The summed E-state index contributed by atoms with van der Waals surface area (Å²) in [6, 6.07) is 7.49. The Bertz CT molecular complexity index is 1150. The first-order valence-electron chi connectivity index (χ1n) is 8.85. The van der Waals surface area contributed by atoms with Crippen LogP contribution < -0.4 is 11.0 Å². The molecule has 11 heteroatoms. The predicted molar refractivity (Wildman–Crippen MR) is 97.5 cm³/mol. The zero-order valence-electron chi connectivity index (χ0n) is 15.5. The maximum Gasteiger partial charge on any atom is 0.346 e. The molecule has 0 unspecified atom stereocenters. The molecule has 0 spiro atoms. The van der Waals surface area contributed by atoms with Crippen molar-refractivity contribution >= 4 is 17.6 Å². The third kappa shape index (κ3) is 3.79. The van der Waals surface area contributed by atoms with Crippen molar-refractivity contribution in [2.24, 2.45) is 0 Å². The number of halogens is 1. The van der Waals surface area contributed by atoms with Crippen molar-refractivity contribution in [1.29, 1.82) is 0 Å². The van der Waals surface area contributed by atoms with Crippen molar-refractivity contribution in [2.45, 2.75) is 26.6 Å². The molecule has 29 heavy (non-hydrogen) atoms. The lowest BCUT2D eigenvalue weighted by atomic mass is 10.2. The number of nitrogens with zero attached hydrogens (tertiary/aromatic N) is 5. The summed E-state index contributed by atoms with van der Waals surface area (Å²) in [5.74, 6) is -0.672. The van der Waals surface area contributed by atoms with Crippen LogP contribution in [0, 0.1) is 12.7 Å². The summed E-state index contributed by atoms with van der Waals surface area (Å²) in [5, 5.41) is 10.2. The number of carbonyl (C=O) groups is 2. The lowest BCUT2D eigenvalue weighted by molar-refractivity contribution is -0.117. The van der Waals surface area contributed by atoms with E-state index < -0.39 is 17.5 Å². The normalized spacial score (nSPS) is 13.4. The molecular weight excluding hydrogens is 383 g/mol. The molecule has 3 aromatic rings. The van der Waals surface area contributed by atoms with Gasteiger partial charge in [0.15, 0.2) is 5.82 Å². The van der Waals surface area contributed by atoms with Gasteiger partial charge in [-0.05, 0) is 24.6 Å². The van der Waals surface area contributed by atoms with E-state index in [9.17, 15) is 18.8 Å². The number of carbonyl (C=O) groups excluding carboxylic acids is 2. The molecule has 3 heterocycles. The van der Waals surface area contributed by atoms with Crippen LogP contribution >= 0.6 is 0 Å². The Morgan fingerprint density at radius 1 is 1.28 bits per heavy atom. The lowest BCUT2D eigenvalue weighted by Gasteiger charge is -2.26. The molecule has 150 valence electrons. The van der Waals surface area contributed by atoms with Crippen molar-refractivity contribution in [3.8, 4) is 0 Å². The monoisotopic (exact) mass is 400 g/mol. The van der Waals surface area contributed by atoms with E-state index in [0.29, 0.717) is 11.3 Å². The number of anilines is 1. The highest BCUT2D eigenvalue weighted by atomic mass is 19.1. The third-order valence-corrected chi connectivity index (χ3v) is 4.45. The first kappa shape index (κ1) is 18.6. The van der Waals surface area contributed by atoms with Crippen molar-refractivity contribution in [1.82, 2.24) is 24.4 Å². The molecule has 2 aromatic heterocycles. The molecule has 0 fully saturated rings. The largest absolute Gasteiger partial charge is 0.360 e. The maximum absolute atomic E-state index is 13.4. The van der Waals surface area contributed by atoms with Crippen LogP contribution in [0.15, 0.2) is 39.6 Å². The van der Waals surface area contributed by atoms with Gasteiger partial charge >= 0.3 is 5.69 Å². The highest BCUT2D eigenvalue weighted by Gasteiger charge is 2.30. The zero-order chi connectivity index (χ0) is 20.5. The van der Waals surface area contributed by atoms with Crippen LogP contribution in [0.2, 0.25) is 0 Å². The van der Waals surface area contributed by atoms with Crippen LogP contribution in [0.3, 0.4) is 0 Å². The Hall–Kier alpha value is -3.76. The fraction of sp³-hybridized carbons (Fsp3) is 0.278. The van der Waals surface area contributed by atoms with Gasteiger partial charge in [-0.25, -0.2) is 13.9 Å². The van der Waals surface area contributed by atoms with Gasteiger partial charge in [0.1, 0.15) is 18.1 Å². The van der Waals surface area contributed by atoms with Crippen molar-refractivity contribution in [2.75, 3.05) is 11.9 Å². The summed E-state index contributed by atoms with van der Waals surface area (Å²) in [5.41, 5.74) is 0.0844. The molecule has 10 nitrogen and oxygen atoms in total. The first-order chi connectivity index (χ1) is 13.9. The topological polar surface area (TPSA) is 115 Å². The van der Waals surface area contributed by atoms with Crippen molar-refractivity contribution in [3.63, 3.8) is 0 Å². The second-order valence-electron chi connectivity index (χ2n) is 6.64. The molecule has 1 N–H and O–H groups in total. The van der Waals surface area contributed by atoms with Gasteiger partial charge < -0.3 is 14.7 Å². The standard InChI is InChI=1S/C18H17FN6O4/c1-11-7-14(22-29-11)20-15(26)10-25-18(28)24-6-5-23(17(27)16(24)21-25)9-12-3-2-4-13(19)8-12/h2-4,7-8H,5-6,9-10H2,1H3,(H,20,22,26). The minimum absolute atomic E-state index is 0.0530. The Balaban J connectivity index is 1.49. The number of rotatable bonds is 5. The van der Waals surface area contributed by atoms with Crippen LogP contribution in [-0.2, 0) is 24.4 Å². The van der Waals surface area contributed by atoms with Gasteiger partial charge in [0.2, 0.25) is 11.7 Å². The summed E-state index contributed by atoms with van der Waals surface area (Å²) in [6.45, 7) is 2.01. The molecule has 0 radical (unpaired) electrons. The molecule has 1 aromatic carbocycles. The molecule has 4 rings (SSSR count). The zero-order valence-corrected chi connectivity index (χ0v) is 15.5. The van der Waals surface area contributed by atoms with E-state index in [2.05, 4.69) is 15.6 Å². The quantitative estimate of drug-likeness (QED) is 0.677. The Morgan fingerprint density at radius 3 is 2.83 bits per heavy atom. The molecule has 0 saturated carbocycles. The molecule has 1 aliphatic heterocycles. The summed E-state index contributed by atoms with van der Waals surface area (Å²) in [4.78, 5) is 38.8. The van der Waals surface area contributed by atoms with Crippen molar-refractivity contribution in [3.05, 3.63) is 63.8 Å². The van der Waals surface area contributed by atoms with Crippen LogP contribution in [0.25, 0.3) is 0 Å². The predicted octanol–water partition coefficient (Wildman–Crippen LogP) is 0.775. The molecular formula is C18H17FN6O4. The van der Waals surface area contributed by atoms with E-state index in [1.807, 2.05) is 0 Å². The van der Waals surface area contributed by atoms with E-state index in [1.165, 1.54) is 27.7 Å². The van der Waals surface area contributed by atoms with E-state index >= 15 is 0 Å². The minimum Gasteiger partial charge on any atom is -0.360 e. The van der Waals surface area contributed by atoms with Crippen LogP contribution in [0.1, 0.15) is 21.9 Å². The SMILES string of the molecule is Cc1cc(NC(=O)Cn2nc3n(c2=O)CCN(Cc2cccc(F)c2)C3=O)no1. The summed E-state index contributed by atoms with van der Waals surface area (Å²) in [7, 11) is 0. The maximum atomic E-state index is 13.4. The second-order valence-corrected chi connectivity index (χ2v) is 6.64. The number of amides is 2. The fourth-order valence-corrected chi connectivity index (χ4v) is 3.12. The van der Waals surface area contributed by atoms with Gasteiger partial charge in [-0.3, -0.25) is 14.2 Å².